The normalized spacial score (nSPS) is 18.3. The van der Waals surface area contributed by atoms with E-state index in [2.05, 4.69) is 0 Å². The Hall–Kier alpha value is -0.920. The lowest BCUT2D eigenvalue weighted by Gasteiger charge is -2.10. The van der Waals surface area contributed by atoms with Crippen molar-refractivity contribution >= 4 is 0 Å². The van der Waals surface area contributed by atoms with Gasteiger partial charge in [0.15, 0.2) is 0 Å². The molecule has 0 nitrogen and oxygen atoms in total. The molecule has 1 aliphatic rings. The summed E-state index contributed by atoms with van der Waals surface area (Å²) in [5.74, 6) is -2.73. The first-order chi connectivity index (χ1) is 5.50. The van der Waals surface area contributed by atoms with Crippen LogP contribution in [0.5, 0.6) is 0 Å². The molecule has 0 saturated heterocycles. The molecule has 2 heteroatoms. The van der Waals surface area contributed by atoms with Crippen molar-refractivity contribution in [3.63, 3.8) is 0 Å². The first kappa shape index (κ1) is 9.17. The Bertz CT molecular complexity index is 252. The zero-order valence-corrected chi connectivity index (χ0v) is 7.27. The SMILES string of the molecule is CC1=CCC=CC(C(C)(F)F)=C1. The lowest BCUT2D eigenvalue weighted by molar-refractivity contribution is 0.0674. The topological polar surface area (TPSA) is 0 Å². The van der Waals surface area contributed by atoms with E-state index in [-0.39, 0.29) is 5.57 Å². The average molecular weight is 170 g/mol. The van der Waals surface area contributed by atoms with E-state index in [0.29, 0.717) is 0 Å². The predicted molar refractivity (Wildman–Crippen MR) is 46.2 cm³/mol. The van der Waals surface area contributed by atoms with Crippen molar-refractivity contribution in [3.8, 4) is 0 Å². The van der Waals surface area contributed by atoms with E-state index >= 15 is 0 Å². The number of hydrogen-bond acceptors (Lipinski definition) is 0. The number of halogens is 2. The highest BCUT2D eigenvalue weighted by molar-refractivity contribution is 5.36. The molecule has 0 bridgehead atoms. The summed E-state index contributed by atoms with van der Waals surface area (Å²) in [7, 11) is 0. The standard InChI is InChI=1S/C10H12F2/c1-8-5-3-4-6-9(7-8)10(2,11)12/h4-7H,3H2,1-2H3. The third-order valence-corrected chi connectivity index (χ3v) is 1.76. The van der Waals surface area contributed by atoms with Crippen molar-refractivity contribution in [2.75, 3.05) is 0 Å². The molecule has 0 atom stereocenters. The highest BCUT2D eigenvalue weighted by atomic mass is 19.3. The van der Waals surface area contributed by atoms with Crippen molar-refractivity contribution in [2.24, 2.45) is 0 Å². The summed E-state index contributed by atoms with van der Waals surface area (Å²) in [4.78, 5) is 0. The second kappa shape index (κ2) is 3.21. The van der Waals surface area contributed by atoms with E-state index in [4.69, 9.17) is 0 Å². The molecule has 12 heavy (non-hydrogen) atoms. The summed E-state index contributed by atoms with van der Waals surface area (Å²) in [5.41, 5.74) is 0.991. The molecule has 0 aromatic heterocycles. The van der Waals surface area contributed by atoms with Crippen LogP contribution in [-0.4, -0.2) is 5.92 Å². The Kier molecular flexibility index (Phi) is 2.46. The molecule has 0 heterocycles. The molecular formula is C10H12F2. The van der Waals surface area contributed by atoms with Crippen LogP contribution in [0.1, 0.15) is 20.3 Å². The van der Waals surface area contributed by atoms with Gasteiger partial charge in [-0.25, -0.2) is 8.78 Å². The fourth-order valence-electron chi connectivity index (χ4n) is 1.07. The van der Waals surface area contributed by atoms with Gasteiger partial charge in [-0.2, -0.15) is 0 Å². The highest BCUT2D eigenvalue weighted by Gasteiger charge is 2.25. The maximum Gasteiger partial charge on any atom is 0.270 e. The quantitative estimate of drug-likeness (QED) is 0.565. The van der Waals surface area contributed by atoms with Gasteiger partial charge in [-0.3, -0.25) is 0 Å². The van der Waals surface area contributed by atoms with Crippen LogP contribution < -0.4 is 0 Å². The molecule has 66 valence electrons. The van der Waals surface area contributed by atoms with Gasteiger partial charge in [-0.05, 0) is 13.3 Å². The van der Waals surface area contributed by atoms with Gasteiger partial charge in [0.05, 0.1) is 0 Å². The summed E-state index contributed by atoms with van der Waals surface area (Å²) in [5, 5.41) is 0. The van der Waals surface area contributed by atoms with Gasteiger partial charge >= 0.3 is 0 Å². The largest absolute Gasteiger partial charge is 0.270 e. The van der Waals surface area contributed by atoms with Crippen LogP contribution in [0.25, 0.3) is 0 Å². The van der Waals surface area contributed by atoms with Crippen molar-refractivity contribution in [3.05, 3.63) is 35.5 Å². The smallest absolute Gasteiger partial charge is 0.202 e. The highest BCUT2D eigenvalue weighted by Crippen LogP contribution is 2.26. The monoisotopic (exact) mass is 170 g/mol. The van der Waals surface area contributed by atoms with E-state index in [0.717, 1.165) is 18.9 Å². The maximum absolute atomic E-state index is 12.8. The fourth-order valence-corrected chi connectivity index (χ4v) is 1.07. The van der Waals surface area contributed by atoms with Gasteiger partial charge in [-0.1, -0.05) is 29.9 Å². The Balaban J connectivity index is 2.96. The van der Waals surface area contributed by atoms with Gasteiger partial charge in [0, 0.05) is 12.5 Å². The average Bonchev–Trinajstić information content (AvgIpc) is 2.11. The van der Waals surface area contributed by atoms with Gasteiger partial charge in [-0.15, -0.1) is 0 Å². The van der Waals surface area contributed by atoms with Crippen molar-refractivity contribution in [1.82, 2.24) is 0 Å². The van der Waals surface area contributed by atoms with E-state index in [1.807, 2.05) is 13.0 Å². The Morgan fingerprint density at radius 2 is 2.08 bits per heavy atom. The molecule has 1 rings (SSSR count). The summed E-state index contributed by atoms with van der Waals surface area (Å²) in [6, 6.07) is 0. The number of alkyl halides is 2. The fraction of sp³-hybridized carbons (Fsp3) is 0.400. The lowest BCUT2D eigenvalue weighted by atomic mass is 10.1. The van der Waals surface area contributed by atoms with Crippen molar-refractivity contribution in [2.45, 2.75) is 26.2 Å². The number of rotatable bonds is 1. The van der Waals surface area contributed by atoms with E-state index < -0.39 is 5.92 Å². The third-order valence-electron chi connectivity index (χ3n) is 1.76. The summed E-state index contributed by atoms with van der Waals surface area (Å²) in [6.07, 6.45) is 7.44. The molecule has 0 aliphatic heterocycles. The van der Waals surface area contributed by atoms with Gasteiger partial charge in [0.25, 0.3) is 5.92 Å². The van der Waals surface area contributed by atoms with Gasteiger partial charge in [0.2, 0.25) is 0 Å². The minimum absolute atomic E-state index is 0.0914. The molecule has 0 aromatic rings. The van der Waals surface area contributed by atoms with Crippen LogP contribution in [0, 0.1) is 0 Å². The Morgan fingerprint density at radius 1 is 1.42 bits per heavy atom. The van der Waals surface area contributed by atoms with Gasteiger partial charge < -0.3 is 0 Å². The molecule has 0 amide bonds. The molecular weight excluding hydrogens is 158 g/mol. The molecule has 0 unspecified atom stereocenters. The molecule has 0 saturated carbocycles. The molecule has 1 aliphatic carbocycles. The van der Waals surface area contributed by atoms with Crippen molar-refractivity contribution < 1.29 is 8.78 Å². The second-order valence-corrected chi connectivity index (χ2v) is 3.07. The maximum atomic E-state index is 12.8. The summed E-state index contributed by atoms with van der Waals surface area (Å²) in [6.45, 7) is 2.75. The number of allylic oxidation sites excluding steroid dienone is 6. The third kappa shape index (κ3) is 2.29. The van der Waals surface area contributed by atoms with Crippen LogP contribution in [-0.2, 0) is 0 Å². The first-order valence-corrected chi connectivity index (χ1v) is 3.93. The van der Waals surface area contributed by atoms with E-state index in [1.54, 1.807) is 6.08 Å². The molecule has 0 fully saturated rings. The second-order valence-electron chi connectivity index (χ2n) is 3.07. The van der Waals surface area contributed by atoms with Crippen molar-refractivity contribution in [1.29, 1.82) is 0 Å². The van der Waals surface area contributed by atoms with E-state index in [9.17, 15) is 8.78 Å². The Morgan fingerprint density at radius 3 is 2.67 bits per heavy atom. The lowest BCUT2D eigenvalue weighted by Crippen LogP contribution is -2.11. The zero-order valence-electron chi connectivity index (χ0n) is 7.27. The zero-order chi connectivity index (χ0) is 9.19. The van der Waals surface area contributed by atoms with Crippen LogP contribution >= 0.6 is 0 Å². The number of hydrogen-bond donors (Lipinski definition) is 0. The first-order valence-electron chi connectivity index (χ1n) is 3.93. The summed E-state index contributed by atoms with van der Waals surface area (Å²) < 4.78 is 25.6. The van der Waals surface area contributed by atoms with Crippen LogP contribution in [0.3, 0.4) is 0 Å². The predicted octanol–water partition coefficient (Wildman–Crippen LogP) is 3.47. The van der Waals surface area contributed by atoms with Crippen LogP contribution in [0.15, 0.2) is 35.5 Å². The molecule has 0 aromatic carbocycles. The molecule has 0 N–H and O–H groups in total. The molecule has 0 radical (unpaired) electrons. The van der Waals surface area contributed by atoms with Crippen LogP contribution in [0.4, 0.5) is 8.78 Å². The minimum Gasteiger partial charge on any atom is -0.202 e. The molecule has 0 spiro atoms. The van der Waals surface area contributed by atoms with Crippen LogP contribution in [0.2, 0.25) is 0 Å². The Labute approximate surface area is 71.3 Å². The summed E-state index contributed by atoms with van der Waals surface area (Å²) >= 11 is 0. The van der Waals surface area contributed by atoms with E-state index in [1.165, 1.54) is 12.2 Å². The minimum atomic E-state index is -2.73. The van der Waals surface area contributed by atoms with Gasteiger partial charge in [0.1, 0.15) is 0 Å².